The zero-order valence-corrected chi connectivity index (χ0v) is 8.63. The molecule has 2 nitrogen and oxygen atoms in total. The third-order valence-electron chi connectivity index (χ3n) is 3.41. The number of hydrogen-bond acceptors (Lipinski definition) is 2. The highest BCUT2D eigenvalue weighted by Gasteiger charge is 2.48. The Morgan fingerprint density at radius 3 is 2.19 bits per heavy atom. The van der Waals surface area contributed by atoms with Crippen molar-refractivity contribution in [3.63, 3.8) is 0 Å². The maximum atomic E-state index is 12.9. The molecule has 2 bridgehead atoms. The molecule has 0 aromatic carbocycles. The molecule has 0 aromatic heterocycles. The molecular weight excluding hydrogens is 226 g/mol. The number of Topliss-reactive ketones (excluding diaryl/α,β-unsaturated/α-hetero) is 1. The highest BCUT2D eigenvalue weighted by atomic mass is 19.3. The average Bonchev–Trinajstić information content (AvgIpc) is 2.43. The molecule has 2 heterocycles. The van der Waals surface area contributed by atoms with Gasteiger partial charge in [-0.2, -0.15) is 8.78 Å². The van der Waals surface area contributed by atoms with Crippen molar-refractivity contribution in [1.29, 1.82) is 0 Å². The van der Waals surface area contributed by atoms with Crippen LogP contribution < -0.4 is 0 Å². The molecule has 0 amide bonds. The molecule has 0 aromatic rings. The number of carbonyl (C=O) groups excluding carboxylic acids is 1. The van der Waals surface area contributed by atoms with Gasteiger partial charge in [0, 0.05) is 24.9 Å². The lowest BCUT2D eigenvalue weighted by Crippen LogP contribution is -2.50. The second-order valence-electron chi connectivity index (χ2n) is 4.57. The second-order valence-corrected chi connectivity index (χ2v) is 4.57. The fourth-order valence-electron chi connectivity index (χ4n) is 2.63. The Balaban J connectivity index is 2.04. The largest absolute Gasteiger partial charge is 0.319 e. The summed E-state index contributed by atoms with van der Waals surface area (Å²) in [6.07, 6.45) is -1.85. The van der Waals surface area contributed by atoms with Crippen molar-refractivity contribution >= 4 is 5.78 Å². The summed E-state index contributed by atoms with van der Waals surface area (Å²) in [6.45, 7) is -0.923. The lowest BCUT2D eigenvalue weighted by Gasteiger charge is -2.35. The molecule has 2 unspecified atom stereocenters. The van der Waals surface area contributed by atoms with Crippen molar-refractivity contribution in [2.45, 2.75) is 50.1 Å². The zero-order chi connectivity index (χ0) is 11.9. The number of alkyl halides is 4. The van der Waals surface area contributed by atoms with E-state index in [4.69, 9.17) is 0 Å². The number of halogens is 4. The highest BCUT2D eigenvalue weighted by Crippen LogP contribution is 2.37. The second kappa shape index (κ2) is 3.98. The zero-order valence-electron chi connectivity index (χ0n) is 8.63. The first-order valence-corrected chi connectivity index (χ1v) is 5.33. The quantitative estimate of drug-likeness (QED) is 0.703. The summed E-state index contributed by atoms with van der Waals surface area (Å²) >= 11 is 0. The van der Waals surface area contributed by atoms with Crippen LogP contribution in [-0.2, 0) is 4.79 Å². The van der Waals surface area contributed by atoms with Gasteiger partial charge in [0.15, 0.2) is 0 Å². The monoisotopic (exact) mass is 239 g/mol. The summed E-state index contributed by atoms with van der Waals surface area (Å²) in [5.41, 5.74) is 0. The molecule has 2 saturated heterocycles. The van der Waals surface area contributed by atoms with Crippen LogP contribution in [-0.4, -0.2) is 41.7 Å². The molecule has 2 aliphatic rings. The number of carbonyl (C=O) groups is 1. The van der Waals surface area contributed by atoms with Crippen LogP contribution in [0.3, 0.4) is 0 Å². The predicted octanol–water partition coefficient (Wildman–Crippen LogP) is 2.08. The van der Waals surface area contributed by atoms with Crippen LogP contribution in [0.4, 0.5) is 17.6 Å². The normalized spacial score (nSPS) is 31.4. The van der Waals surface area contributed by atoms with Gasteiger partial charge >= 0.3 is 12.3 Å². The summed E-state index contributed by atoms with van der Waals surface area (Å²) in [4.78, 5) is 12.6. The van der Waals surface area contributed by atoms with Gasteiger partial charge in [0.25, 0.3) is 0 Å². The van der Waals surface area contributed by atoms with Crippen molar-refractivity contribution < 1.29 is 22.4 Å². The Kier molecular flexibility index (Phi) is 2.94. The van der Waals surface area contributed by atoms with Gasteiger partial charge in [-0.1, -0.05) is 0 Å². The van der Waals surface area contributed by atoms with Crippen LogP contribution in [0.15, 0.2) is 0 Å². The standard InChI is InChI=1S/C10H13F4NO/c11-9(12)10(13,14)5-15-6-1-2-7(15)4-8(16)3-6/h6-7,9H,1-5H2. The van der Waals surface area contributed by atoms with Crippen LogP contribution in [0.25, 0.3) is 0 Å². The third-order valence-corrected chi connectivity index (χ3v) is 3.41. The molecule has 2 aliphatic heterocycles. The molecule has 0 radical (unpaired) electrons. The predicted molar refractivity (Wildman–Crippen MR) is 48.7 cm³/mol. The van der Waals surface area contributed by atoms with E-state index in [1.54, 1.807) is 0 Å². The molecule has 0 N–H and O–H groups in total. The van der Waals surface area contributed by atoms with Crippen molar-refractivity contribution in [3.8, 4) is 0 Å². The third kappa shape index (κ3) is 2.07. The summed E-state index contributed by atoms with van der Waals surface area (Å²) in [6, 6.07) is -0.508. The fourth-order valence-corrected chi connectivity index (χ4v) is 2.63. The van der Waals surface area contributed by atoms with E-state index >= 15 is 0 Å². The minimum atomic E-state index is -3.97. The molecule has 6 heteroatoms. The molecule has 0 saturated carbocycles. The van der Waals surface area contributed by atoms with E-state index in [1.165, 1.54) is 4.90 Å². The van der Waals surface area contributed by atoms with E-state index in [-0.39, 0.29) is 30.7 Å². The first-order valence-electron chi connectivity index (χ1n) is 5.33. The highest BCUT2D eigenvalue weighted by molar-refractivity contribution is 5.80. The van der Waals surface area contributed by atoms with Crippen molar-refractivity contribution in [1.82, 2.24) is 4.90 Å². The molecule has 0 aliphatic carbocycles. The molecule has 2 rings (SSSR count). The first kappa shape index (κ1) is 11.8. The lowest BCUT2D eigenvalue weighted by atomic mass is 10.0. The maximum absolute atomic E-state index is 12.9. The van der Waals surface area contributed by atoms with Gasteiger partial charge in [-0.05, 0) is 12.8 Å². The van der Waals surface area contributed by atoms with Gasteiger partial charge in [0.05, 0.1) is 6.54 Å². The van der Waals surface area contributed by atoms with Crippen LogP contribution in [0.1, 0.15) is 25.7 Å². The van der Waals surface area contributed by atoms with Gasteiger partial charge in [-0.25, -0.2) is 8.78 Å². The van der Waals surface area contributed by atoms with Crippen LogP contribution in [0, 0.1) is 0 Å². The smallest absolute Gasteiger partial charge is 0.300 e. The molecular formula is C10H13F4NO. The summed E-state index contributed by atoms with van der Waals surface area (Å²) in [5, 5.41) is 0. The van der Waals surface area contributed by atoms with E-state index in [0.717, 1.165) is 0 Å². The van der Waals surface area contributed by atoms with E-state index in [1.807, 2.05) is 0 Å². The topological polar surface area (TPSA) is 20.3 Å². The Morgan fingerprint density at radius 1 is 1.25 bits per heavy atom. The van der Waals surface area contributed by atoms with E-state index < -0.39 is 18.9 Å². The molecule has 2 fully saturated rings. The van der Waals surface area contributed by atoms with Crippen molar-refractivity contribution in [3.05, 3.63) is 0 Å². The van der Waals surface area contributed by atoms with Gasteiger partial charge in [0.1, 0.15) is 5.78 Å². The Labute approximate surface area is 90.6 Å². The number of fused-ring (bicyclic) bond motifs is 2. The number of rotatable bonds is 3. The SMILES string of the molecule is O=C1CC2CCC(C1)N2CC(F)(F)C(F)F. The number of nitrogens with zero attached hydrogens (tertiary/aromatic N) is 1. The van der Waals surface area contributed by atoms with Gasteiger partial charge in [0.2, 0.25) is 0 Å². The van der Waals surface area contributed by atoms with Crippen molar-refractivity contribution in [2.75, 3.05) is 6.54 Å². The van der Waals surface area contributed by atoms with E-state index in [2.05, 4.69) is 0 Å². The lowest BCUT2D eigenvalue weighted by molar-refractivity contribution is -0.152. The summed E-state index contributed by atoms with van der Waals surface area (Å²) in [5.74, 6) is -3.91. The Morgan fingerprint density at radius 2 is 1.75 bits per heavy atom. The van der Waals surface area contributed by atoms with Gasteiger partial charge < -0.3 is 0 Å². The molecule has 0 spiro atoms. The van der Waals surface area contributed by atoms with Crippen molar-refractivity contribution in [2.24, 2.45) is 0 Å². The first-order chi connectivity index (χ1) is 7.40. The van der Waals surface area contributed by atoms with Crippen LogP contribution >= 0.6 is 0 Å². The summed E-state index contributed by atoms with van der Waals surface area (Å²) in [7, 11) is 0. The van der Waals surface area contributed by atoms with E-state index in [0.29, 0.717) is 12.8 Å². The molecule has 2 atom stereocenters. The fraction of sp³-hybridized carbons (Fsp3) is 0.900. The van der Waals surface area contributed by atoms with Gasteiger partial charge in [-0.15, -0.1) is 0 Å². The van der Waals surface area contributed by atoms with Crippen LogP contribution in [0.5, 0.6) is 0 Å². The summed E-state index contributed by atoms with van der Waals surface area (Å²) < 4.78 is 50.0. The minimum Gasteiger partial charge on any atom is -0.300 e. The Bertz CT molecular complexity index is 279. The maximum Gasteiger partial charge on any atom is 0.319 e. The van der Waals surface area contributed by atoms with Gasteiger partial charge in [-0.3, -0.25) is 9.69 Å². The Hall–Kier alpha value is -0.650. The number of ketones is 1. The number of piperidine rings is 1. The van der Waals surface area contributed by atoms with E-state index in [9.17, 15) is 22.4 Å². The molecule has 16 heavy (non-hydrogen) atoms. The van der Waals surface area contributed by atoms with Crippen LogP contribution in [0.2, 0.25) is 0 Å². The molecule has 92 valence electrons. The number of hydrogen-bond donors (Lipinski definition) is 0. The minimum absolute atomic E-state index is 0.0594. The average molecular weight is 239 g/mol.